The molecule has 0 saturated carbocycles. The Morgan fingerprint density at radius 3 is 2.91 bits per heavy atom. The van der Waals surface area contributed by atoms with Crippen molar-refractivity contribution in [3.63, 3.8) is 0 Å². The molecule has 2 aliphatic rings. The second-order valence-electron chi connectivity index (χ2n) is 5.35. The summed E-state index contributed by atoms with van der Waals surface area (Å²) in [4.78, 5) is 29.2. The van der Waals surface area contributed by atoms with Gasteiger partial charge in [-0.05, 0) is 42.9 Å². The normalized spacial score (nSPS) is 20.0. The number of aromatic amines is 1. The van der Waals surface area contributed by atoms with Crippen molar-refractivity contribution in [3.8, 4) is 0 Å². The molecule has 3 rings (SSSR count). The first-order valence-electron chi connectivity index (χ1n) is 6.97. The number of fused-ring (bicyclic) bond motifs is 1. The second kappa shape index (κ2) is 6.77. The minimum Gasteiger partial charge on any atom is -0.545 e. The summed E-state index contributed by atoms with van der Waals surface area (Å²) >= 11 is 0. The van der Waals surface area contributed by atoms with Crippen LogP contribution in [0.1, 0.15) is 48.3 Å². The van der Waals surface area contributed by atoms with Gasteiger partial charge in [-0.25, -0.2) is 4.98 Å². The molecule has 22 heavy (non-hydrogen) atoms. The van der Waals surface area contributed by atoms with Gasteiger partial charge in [0.2, 0.25) is 0 Å². The summed E-state index contributed by atoms with van der Waals surface area (Å²) in [6.07, 6.45) is 10.5. The quantitative estimate of drug-likeness (QED) is 0.655. The summed E-state index contributed by atoms with van der Waals surface area (Å²) in [5.41, 5.74) is 2.61. The Bertz CT molecular complexity index is 759. The third kappa shape index (κ3) is 3.02. The van der Waals surface area contributed by atoms with E-state index in [-0.39, 0.29) is 35.5 Å². The monoisotopic (exact) mass is 306 g/mol. The van der Waals surface area contributed by atoms with Crippen molar-refractivity contribution >= 4 is 5.97 Å². The maximum atomic E-state index is 11.8. The number of allylic oxidation sites excluding steroid dienone is 6. The van der Waals surface area contributed by atoms with Crippen LogP contribution in [-0.4, -0.2) is 15.9 Å². The number of rotatable bonds is 2. The molecule has 108 valence electrons. The summed E-state index contributed by atoms with van der Waals surface area (Å²) in [5, 5.41) is 10.8. The van der Waals surface area contributed by atoms with Crippen LogP contribution in [0, 0.1) is 0 Å². The summed E-state index contributed by atoms with van der Waals surface area (Å²) in [6.45, 7) is 2.08. The summed E-state index contributed by atoms with van der Waals surface area (Å²) in [6, 6.07) is 0. The molecule has 1 heterocycles. The Morgan fingerprint density at radius 1 is 1.45 bits per heavy atom. The molecule has 0 saturated heterocycles. The van der Waals surface area contributed by atoms with Crippen molar-refractivity contribution in [2.45, 2.75) is 32.1 Å². The van der Waals surface area contributed by atoms with E-state index in [1.54, 1.807) is 0 Å². The second-order valence-corrected chi connectivity index (χ2v) is 5.35. The minimum absolute atomic E-state index is 0. The number of hydrogen-bond acceptors (Lipinski definition) is 4. The van der Waals surface area contributed by atoms with E-state index in [1.807, 2.05) is 12.2 Å². The predicted octanol–water partition coefficient (Wildman–Crippen LogP) is -1.78. The topological polar surface area (TPSA) is 85.9 Å². The average molecular weight is 306 g/mol. The maximum Gasteiger partial charge on any atom is 1.00 e. The molecule has 0 aromatic carbocycles. The first kappa shape index (κ1) is 16.9. The molecule has 1 atom stereocenters. The third-order valence-corrected chi connectivity index (χ3v) is 4.03. The average Bonchev–Trinajstić information content (AvgIpc) is 2.47. The molecule has 1 aromatic rings. The Morgan fingerprint density at radius 2 is 2.23 bits per heavy atom. The van der Waals surface area contributed by atoms with Crippen LogP contribution in [0.25, 0.3) is 0 Å². The number of nitrogens with zero attached hydrogens (tertiary/aromatic N) is 1. The van der Waals surface area contributed by atoms with Crippen LogP contribution in [0.5, 0.6) is 0 Å². The van der Waals surface area contributed by atoms with Crippen LogP contribution in [0.3, 0.4) is 0 Å². The van der Waals surface area contributed by atoms with Gasteiger partial charge in [-0.3, -0.25) is 4.79 Å². The molecular formula is C16H15N2NaO3. The number of aromatic nitrogens is 2. The van der Waals surface area contributed by atoms with Gasteiger partial charge in [-0.2, -0.15) is 0 Å². The molecule has 1 aromatic heterocycles. The van der Waals surface area contributed by atoms with Gasteiger partial charge in [0.1, 0.15) is 5.82 Å². The van der Waals surface area contributed by atoms with E-state index in [2.05, 4.69) is 23.0 Å². The predicted molar refractivity (Wildman–Crippen MR) is 75.7 cm³/mol. The number of hydrogen-bond donors (Lipinski definition) is 1. The van der Waals surface area contributed by atoms with Gasteiger partial charge in [0.15, 0.2) is 0 Å². The van der Waals surface area contributed by atoms with Crippen LogP contribution >= 0.6 is 0 Å². The van der Waals surface area contributed by atoms with Gasteiger partial charge in [0, 0.05) is 6.20 Å². The zero-order chi connectivity index (χ0) is 15.0. The number of carbonyl (C=O) groups excluding carboxylic acids is 1. The molecule has 0 bridgehead atoms. The molecule has 1 N–H and O–H groups in total. The van der Waals surface area contributed by atoms with Crippen molar-refractivity contribution < 1.29 is 39.5 Å². The third-order valence-electron chi connectivity index (χ3n) is 4.03. The number of carboxylic acid groups (broad SMARTS) is 1. The van der Waals surface area contributed by atoms with Crippen LogP contribution in [-0.2, 0) is 0 Å². The molecule has 0 radical (unpaired) electrons. The largest absolute Gasteiger partial charge is 1.00 e. The number of carboxylic acids is 1. The number of aromatic carboxylic acids is 1. The Balaban J connectivity index is 0.00000176. The zero-order valence-electron chi connectivity index (χ0n) is 12.7. The molecule has 0 fully saturated rings. The van der Waals surface area contributed by atoms with Gasteiger partial charge in [0.05, 0.1) is 17.5 Å². The van der Waals surface area contributed by atoms with Crippen LogP contribution in [0.4, 0.5) is 0 Å². The Hall–Kier alpha value is -1.43. The maximum absolute atomic E-state index is 11.8. The van der Waals surface area contributed by atoms with E-state index < -0.39 is 17.1 Å². The summed E-state index contributed by atoms with van der Waals surface area (Å²) < 4.78 is 0. The van der Waals surface area contributed by atoms with E-state index in [0.29, 0.717) is 5.82 Å². The van der Waals surface area contributed by atoms with Crippen LogP contribution in [0.2, 0.25) is 0 Å². The molecule has 0 spiro atoms. The fourth-order valence-corrected chi connectivity index (χ4v) is 2.94. The standard InChI is InChI=1S/C16H16N2O3.Na/c1-9-6-7-12(11-5-3-2-4-10(9)11)14-17-8-13(16(20)21)15(19)18-14;/h5-8,12H,2-4H2,1H3,(H,20,21)(H,17,18,19);/q;+1/p-1. The molecule has 5 nitrogen and oxygen atoms in total. The van der Waals surface area contributed by atoms with Gasteiger partial charge >= 0.3 is 29.6 Å². The molecule has 6 heteroatoms. The van der Waals surface area contributed by atoms with Crippen molar-refractivity contribution in [1.82, 2.24) is 9.97 Å². The van der Waals surface area contributed by atoms with Crippen molar-refractivity contribution in [2.75, 3.05) is 0 Å². The van der Waals surface area contributed by atoms with Crippen LogP contribution in [0.15, 0.2) is 45.9 Å². The van der Waals surface area contributed by atoms with Gasteiger partial charge < -0.3 is 14.9 Å². The minimum atomic E-state index is -1.51. The smallest absolute Gasteiger partial charge is 0.545 e. The van der Waals surface area contributed by atoms with E-state index in [1.165, 1.54) is 16.7 Å². The van der Waals surface area contributed by atoms with Gasteiger partial charge in [-0.15, -0.1) is 0 Å². The SMILES string of the molecule is CC1=C2CCCC=C2C(c2ncc(C(=O)[O-])c(=O)[nH]2)C=C1.[Na+]. The van der Waals surface area contributed by atoms with Crippen molar-refractivity contribution in [2.24, 2.45) is 0 Å². The Kier molecular flexibility index (Phi) is 5.21. The fraction of sp³-hybridized carbons (Fsp3) is 0.312. The van der Waals surface area contributed by atoms with Gasteiger partial charge in [0.25, 0.3) is 5.56 Å². The summed E-state index contributed by atoms with van der Waals surface area (Å²) in [5.74, 6) is -1.16. The molecular weight excluding hydrogens is 291 g/mol. The molecule has 0 amide bonds. The Labute approximate surface area is 150 Å². The number of nitrogens with one attached hydrogen (secondary N) is 1. The summed E-state index contributed by atoms with van der Waals surface area (Å²) in [7, 11) is 0. The zero-order valence-corrected chi connectivity index (χ0v) is 14.7. The first-order chi connectivity index (χ1) is 10.1. The molecule has 2 aliphatic carbocycles. The van der Waals surface area contributed by atoms with Crippen molar-refractivity contribution in [1.29, 1.82) is 0 Å². The number of H-pyrrole nitrogens is 1. The van der Waals surface area contributed by atoms with Crippen molar-refractivity contribution in [3.05, 3.63) is 62.9 Å². The van der Waals surface area contributed by atoms with E-state index in [9.17, 15) is 14.7 Å². The van der Waals surface area contributed by atoms with Crippen LogP contribution < -0.4 is 40.2 Å². The van der Waals surface area contributed by atoms with E-state index >= 15 is 0 Å². The fourth-order valence-electron chi connectivity index (χ4n) is 2.94. The molecule has 1 unspecified atom stereocenters. The molecule has 0 aliphatic heterocycles. The number of carbonyl (C=O) groups is 1. The van der Waals surface area contributed by atoms with Gasteiger partial charge in [-0.1, -0.05) is 18.2 Å². The van der Waals surface area contributed by atoms with E-state index in [4.69, 9.17) is 0 Å². The van der Waals surface area contributed by atoms with E-state index in [0.717, 1.165) is 25.5 Å². The first-order valence-corrected chi connectivity index (χ1v) is 6.97.